The van der Waals surface area contributed by atoms with E-state index in [1.807, 2.05) is 30.3 Å². The Kier molecular flexibility index (Phi) is 5.60. The molecular formula is C22H17BrN2O3S. The number of ether oxygens (including phenoxy) is 2. The van der Waals surface area contributed by atoms with Gasteiger partial charge in [-0.15, -0.1) is 0 Å². The van der Waals surface area contributed by atoms with Gasteiger partial charge < -0.3 is 15.2 Å². The van der Waals surface area contributed by atoms with Gasteiger partial charge in [-0.3, -0.25) is 4.79 Å². The third kappa shape index (κ3) is 4.16. The van der Waals surface area contributed by atoms with Crippen LogP contribution in [0.3, 0.4) is 0 Å². The molecule has 7 heteroatoms. The molecule has 5 nitrogen and oxygen atoms in total. The standard InChI is InChI=1S/C22H17BrN2O3S/c1-27-18-9-15(10-20-21(26)25-22(24)29-20)17(23)11-19(18)28-12-14-7-4-6-13-5-2-3-8-16(13)14/h2-11H,12H2,1H3,(H2,24,25,26). The monoisotopic (exact) mass is 468 g/mol. The lowest BCUT2D eigenvalue weighted by Gasteiger charge is -2.14. The zero-order valence-electron chi connectivity index (χ0n) is 15.5. The Morgan fingerprint density at radius 2 is 1.93 bits per heavy atom. The fraction of sp³-hybridized carbons (Fsp3) is 0.0909. The number of nitrogens with two attached hydrogens (primary N) is 1. The summed E-state index contributed by atoms with van der Waals surface area (Å²) in [6, 6.07) is 18.0. The quantitative estimate of drug-likeness (QED) is 0.526. The van der Waals surface area contributed by atoms with Crippen molar-refractivity contribution < 1.29 is 14.3 Å². The highest BCUT2D eigenvalue weighted by Gasteiger charge is 2.20. The Hall–Kier alpha value is -2.77. The van der Waals surface area contributed by atoms with Crippen molar-refractivity contribution >= 4 is 55.6 Å². The summed E-state index contributed by atoms with van der Waals surface area (Å²) in [4.78, 5) is 16.1. The van der Waals surface area contributed by atoms with E-state index in [1.165, 1.54) is 5.39 Å². The van der Waals surface area contributed by atoms with Gasteiger partial charge in [0.1, 0.15) is 6.61 Å². The van der Waals surface area contributed by atoms with Crippen LogP contribution in [0.25, 0.3) is 16.8 Å². The van der Waals surface area contributed by atoms with E-state index in [9.17, 15) is 4.79 Å². The Morgan fingerprint density at radius 3 is 2.69 bits per heavy atom. The smallest absolute Gasteiger partial charge is 0.286 e. The van der Waals surface area contributed by atoms with Crippen molar-refractivity contribution in [2.75, 3.05) is 7.11 Å². The largest absolute Gasteiger partial charge is 0.493 e. The lowest BCUT2D eigenvalue weighted by molar-refractivity contribution is -0.113. The van der Waals surface area contributed by atoms with Crippen molar-refractivity contribution in [1.29, 1.82) is 0 Å². The summed E-state index contributed by atoms with van der Waals surface area (Å²) in [6.45, 7) is 0.406. The predicted molar refractivity (Wildman–Crippen MR) is 121 cm³/mol. The molecule has 3 aromatic carbocycles. The van der Waals surface area contributed by atoms with Crippen molar-refractivity contribution in [1.82, 2.24) is 0 Å². The highest BCUT2D eigenvalue weighted by atomic mass is 79.9. The number of hydrogen-bond acceptors (Lipinski definition) is 5. The number of amidine groups is 1. The first-order valence-corrected chi connectivity index (χ1v) is 10.4. The predicted octanol–water partition coefficient (Wildman–Crippen LogP) is 5.12. The van der Waals surface area contributed by atoms with Crippen molar-refractivity contribution in [2.24, 2.45) is 10.7 Å². The van der Waals surface area contributed by atoms with Crippen LogP contribution in [0.15, 0.2) is 69.0 Å². The van der Waals surface area contributed by atoms with Gasteiger partial charge in [0, 0.05) is 4.47 Å². The summed E-state index contributed by atoms with van der Waals surface area (Å²) in [5, 5.41) is 2.58. The number of hydrogen-bond donors (Lipinski definition) is 1. The number of carbonyl (C=O) groups excluding carboxylic acids is 1. The summed E-state index contributed by atoms with van der Waals surface area (Å²) in [5.74, 6) is 0.842. The molecule has 0 saturated heterocycles. The number of halogens is 1. The highest BCUT2D eigenvalue weighted by Crippen LogP contribution is 2.37. The van der Waals surface area contributed by atoms with Gasteiger partial charge in [-0.1, -0.05) is 58.4 Å². The molecule has 0 saturated carbocycles. The number of fused-ring (bicyclic) bond motifs is 1. The van der Waals surface area contributed by atoms with E-state index in [0.29, 0.717) is 23.0 Å². The highest BCUT2D eigenvalue weighted by molar-refractivity contribution is 9.10. The first kappa shape index (κ1) is 19.5. The molecule has 0 radical (unpaired) electrons. The maximum Gasteiger partial charge on any atom is 0.286 e. The number of amides is 1. The van der Waals surface area contributed by atoms with Crippen LogP contribution in [0.5, 0.6) is 11.5 Å². The second-order valence-electron chi connectivity index (χ2n) is 6.32. The van der Waals surface area contributed by atoms with Gasteiger partial charge in [-0.05, 0) is 51.9 Å². The average molecular weight is 469 g/mol. The number of nitrogens with zero attached hydrogens (tertiary/aromatic N) is 1. The molecule has 0 bridgehead atoms. The van der Waals surface area contributed by atoms with Crippen LogP contribution in [0, 0.1) is 0 Å². The summed E-state index contributed by atoms with van der Waals surface area (Å²) < 4.78 is 12.4. The number of rotatable bonds is 5. The van der Waals surface area contributed by atoms with Gasteiger partial charge in [0.15, 0.2) is 16.7 Å². The lowest BCUT2D eigenvalue weighted by Crippen LogP contribution is -2.01. The van der Waals surface area contributed by atoms with Gasteiger partial charge in [0.05, 0.1) is 12.0 Å². The van der Waals surface area contributed by atoms with Crippen molar-refractivity contribution in [3.63, 3.8) is 0 Å². The van der Waals surface area contributed by atoms with Gasteiger partial charge in [-0.2, -0.15) is 4.99 Å². The van der Waals surface area contributed by atoms with Crippen molar-refractivity contribution in [3.8, 4) is 11.5 Å². The molecule has 0 aliphatic carbocycles. The number of carbonyl (C=O) groups is 1. The summed E-state index contributed by atoms with van der Waals surface area (Å²) in [5.41, 5.74) is 7.49. The molecule has 2 N–H and O–H groups in total. The molecule has 1 aliphatic heterocycles. The topological polar surface area (TPSA) is 73.9 Å². The Balaban J connectivity index is 1.61. The van der Waals surface area contributed by atoms with E-state index in [2.05, 4.69) is 45.2 Å². The molecule has 29 heavy (non-hydrogen) atoms. The molecule has 0 fully saturated rings. The van der Waals surface area contributed by atoms with E-state index in [-0.39, 0.29) is 11.1 Å². The Labute approximate surface area is 180 Å². The van der Waals surface area contributed by atoms with E-state index < -0.39 is 0 Å². The Morgan fingerprint density at radius 1 is 1.14 bits per heavy atom. The molecule has 3 aromatic rings. The molecule has 0 unspecified atom stereocenters. The van der Waals surface area contributed by atoms with Gasteiger partial charge in [0.25, 0.3) is 5.91 Å². The number of aliphatic imine (C=N–C) groups is 1. The molecule has 1 aliphatic rings. The minimum Gasteiger partial charge on any atom is -0.493 e. The second kappa shape index (κ2) is 8.31. The van der Waals surface area contributed by atoms with E-state index in [4.69, 9.17) is 15.2 Å². The molecule has 1 heterocycles. The molecule has 0 atom stereocenters. The molecule has 4 rings (SSSR count). The maximum atomic E-state index is 11.9. The summed E-state index contributed by atoms with van der Waals surface area (Å²) in [6.07, 6.45) is 1.73. The number of thioether (sulfide) groups is 1. The summed E-state index contributed by atoms with van der Waals surface area (Å²) in [7, 11) is 1.58. The third-order valence-electron chi connectivity index (χ3n) is 4.47. The number of benzene rings is 3. The van der Waals surface area contributed by atoms with Crippen LogP contribution < -0.4 is 15.2 Å². The van der Waals surface area contributed by atoms with Gasteiger partial charge in [0.2, 0.25) is 0 Å². The van der Waals surface area contributed by atoms with Crippen LogP contribution in [0.2, 0.25) is 0 Å². The number of methoxy groups -OCH3 is 1. The van der Waals surface area contributed by atoms with Gasteiger partial charge >= 0.3 is 0 Å². The third-order valence-corrected chi connectivity index (χ3v) is 5.97. The molecule has 0 spiro atoms. The van der Waals surface area contributed by atoms with E-state index in [1.54, 1.807) is 13.2 Å². The maximum absolute atomic E-state index is 11.9. The second-order valence-corrected chi connectivity index (χ2v) is 8.23. The minimum atomic E-state index is -0.338. The van der Waals surface area contributed by atoms with E-state index >= 15 is 0 Å². The lowest BCUT2D eigenvalue weighted by atomic mass is 10.1. The van der Waals surface area contributed by atoms with Crippen LogP contribution in [-0.2, 0) is 11.4 Å². The average Bonchev–Trinajstić information content (AvgIpc) is 3.04. The van der Waals surface area contributed by atoms with Crippen molar-refractivity contribution in [3.05, 3.63) is 75.1 Å². The van der Waals surface area contributed by atoms with Crippen LogP contribution in [0.1, 0.15) is 11.1 Å². The van der Waals surface area contributed by atoms with Crippen molar-refractivity contribution in [2.45, 2.75) is 6.61 Å². The molecule has 0 aromatic heterocycles. The van der Waals surface area contributed by atoms with Crippen LogP contribution in [0.4, 0.5) is 0 Å². The molecule has 146 valence electrons. The zero-order valence-corrected chi connectivity index (χ0v) is 17.9. The normalized spacial score (nSPS) is 15.0. The fourth-order valence-electron chi connectivity index (χ4n) is 3.07. The van der Waals surface area contributed by atoms with E-state index in [0.717, 1.165) is 32.7 Å². The molecular weight excluding hydrogens is 452 g/mol. The fourth-order valence-corrected chi connectivity index (χ4v) is 4.18. The molecule has 1 amide bonds. The summed E-state index contributed by atoms with van der Waals surface area (Å²) >= 11 is 4.70. The zero-order chi connectivity index (χ0) is 20.4. The van der Waals surface area contributed by atoms with Gasteiger partial charge in [-0.25, -0.2) is 0 Å². The first-order valence-electron chi connectivity index (χ1n) is 8.80. The Bertz CT molecular complexity index is 1170. The van der Waals surface area contributed by atoms with Crippen LogP contribution >= 0.6 is 27.7 Å². The minimum absolute atomic E-state index is 0.249. The first-order chi connectivity index (χ1) is 14.0. The van der Waals surface area contributed by atoms with Crippen LogP contribution in [-0.4, -0.2) is 18.2 Å². The SMILES string of the molecule is COc1cc(C=C2SC(N)=NC2=O)c(Br)cc1OCc1cccc2ccccc12.